The summed E-state index contributed by atoms with van der Waals surface area (Å²) in [5.74, 6) is 2.44. The minimum atomic E-state index is 0.469. The zero-order valence-corrected chi connectivity index (χ0v) is 11.3. The van der Waals surface area contributed by atoms with Crippen molar-refractivity contribution in [1.29, 1.82) is 0 Å². The minimum Gasteiger partial charge on any atom is -0.310 e. The Morgan fingerprint density at radius 2 is 2.11 bits per heavy atom. The Labute approximate surface area is 107 Å². The molecule has 0 spiro atoms. The summed E-state index contributed by atoms with van der Waals surface area (Å²) in [6.07, 6.45) is 1.81. The van der Waals surface area contributed by atoms with Crippen molar-refractivity contribution in [3.05, 3.63) is 35.5 Å². The molecule has 96 valence electrons. The van der Waals surface area contributed by atoms with E-state index >= 15 is 0 Å². The fourth-order valence-corrected chi connectivity index (χ4v) is 1.75. The molecule has 0 radical (unpaired) electrons. The summed E-state index contributed by atoms with van der Waals surface area (Å²) in [5, 5.41) is 7.73. The smallest absolute Gasteiger partial charge is 0.155 e. The monoisotopic (exact) mass is 245 g/mol. The molecule has 2 aromatic rings. The Balaban J connectivity index is 2.24. The van der Waals surface area contributed by atoms with Crippen LogP contribution in [0.2, 0.25) is 0 Å². The molecule has 2 heterocycles. The molecule has 2 aromatic heterocycles. The largest absolute Gasteiger partial charge is 0.310 e. The lowest BCUT2D eigenvalue weighted by Crippen LogP contribution is -2.22. The molecule has 0 aliphatic rings. The Morgan fingerprint density at radius 3 is 2.72 bits per heavy atom. The van der Waals surface area contributed by atoms with Crippen molar-refractivity contribution in [1.82, 2.24) is 25.1 Å². The third-order valence-corrected chi connectivity index (χ3v) is 2.62. The normalized spacial score (nSPS) is 11.2. The lowest BCUT2D eigenvalue weighted by molar-refractivity contribution is 0.588. The van der Waals surface area contributed by atoms with E-state index in [1.54, 1.807) is 4.68 Å². The quantitative estimate of drug-likeness (QED) is 0.892. The number of aryl methyl sites for hydroxylation is 2. The lowest BCUT2D eigenvalue weighted by atomic mass is 10.2. The molecular formula is C13H19N5. The van der Waals surface area contributed by atoms with Gasteiger partial charge < -0.3 is 5.32 Å². The maximum atomic E-state index is 4.34. The highest BCUT2D eigenvalue weighted by Gasteiger charge is 2.06. The van der Waals surface area contributed by atoms with Crippen LogP contribution in [0.15, 0.2) is 18.3 Å². The summed E-state index contributed by atoms with van der Waals surface area (Å²) >= 11 is 0. The van der Waals surface area contributed by atoms with Gasteiger partial charge in [0, 0.05) is 18.8 Å². The second-order valence-corrected chi connectivity index (χ2v) is 4.68. The van der Waals surface area contributed by atoms with Gasteiger partial charge in [-0.05, 0) is 31.5 Å². The van der Waals surface area contributed by atoms with E-state index in [9.17, 15) is 0 Å². The van der Waals surface area contributed by atoms with Crippen LogP contribution in [0.25, 0.3) is 5.82 Å². The van der Waals surface area contributed by atoms with Crippen molar-refractivity contribution in [2.24, 2.45) is 0 Å². The molecule has 2 rings (SSSR count). The van der Waals surface area contributed by atoms with Crippen LogP contribution in [0.1, 0.15) is 31.1 Å². The molecule has 0 bridgehead atoms. The SMILES string of the molecule is Cc1nc(C)n(-c2cc(CNC(C)C)ccn2)n1. The van der Waals surface area contributed by atoms with Gasteiger partial charge in [-0.3, -0.25) is 0 Å². The third-order valence-electron chi connectivity index (χ3n) is 2.62. The van der Waals surface area contributed by atoms with E-state index in [2.05, 4.69) is 34.2 Å². The van der Waals surface area contributed by atoms with E-state index in [-0.39, 0.29) is 0 Å². The van der Waals surface area contributed by atoms with E-state index in [0.717, 1.165) is 24.0 Å². The van der Waals surface area contributed by atoms with Crippen LogP contribution in [0, 0.1) is 13.8 Å². The van der Waals surface area contributed by atoms with Crippen LogP contribution in [0.5, 0.6) is 0 Å². The minimum absolute atomic E-state index is 0.469. The number of hydrogen-bond acceptors (Lipinski definition) is 4. The van der Waals surface area contributed by atoms with Crippen LogP contribution in [-0.2, 0) is 6.54 Å². The first-order valence-corrected chi connectivity index (χ1v) is 6.15. The molecule has 18 heavy (non-hydrogen) atoms. The average Bonchev–Trinajstić information content (AvgIpc) is 2.66. The molecule has 0 atom stereocenters. The predicted molar refractivity (Wildman–Crippen MR) is 70.6 cm³/mol. The summed E-state index contributed by atoms with van der Waals surface area (Å²) in [6.45, 7) is 8.91. The summed E-state index contributed by atoms with van der Waals surface area (Å²) in [7, 11) is 0. The molecule has 0 unspecified atom stereocenters. The van der Waals surface area contributed by atoms with Gasteiger partial charge in [0.05, 0.1) is 0 Å². The van der Waals surface area contributed by atoms with E-state index in [1.807, 2.05) is 32.2 Å². The van der Waals surface area contributed by atoms with Crippen LogP contribution in [0.3, 0.4) is 0 Å². The van der Waals surface area contributed by atoms with Crippen LogP contribution in [-0.4, -0.2) is 25.8 Å². The van der Waals surface area contributed by atoms with Gasteiger partial charge in [-0.25, -0.2) is 9.97 Å². The van der Waals surface area contributed by atoms with Crippen molar-refractivity contribution in [3.63, 3.8) is 0 Å². The number of pyridine rings is 1. The Bertz CT molecular complexity index is 530. The molecule has 0 amide bonds. The average molecular weight is 245 g/mol. The number of rotatable bonds is 4. The maximum absolute atomic E-state index is 4.34. The highest BCUT2D eigenvalue weighted by molar-refractivity contribution is 5.27. The van der Waals surface area contributed by atoms with Gasteiger partial charge in [-0.15, -0.1) is 5.10 Å². The van der Waals surface area contributed by atoms with E-state index in [0.29, 0.717) is 6.04 Å². The Hall–Kier alpha value is -1.75. The van der Waals surface area contributed by atoms with Gasteiger partial charge in [-0.1, -0.05) is 13.8 Å². The van der Waals surface area contributed by atoms with Crippen molar-refractivity contribution in [2.45, 2.75) is 40.3 Å². The van der Waals surface area contributed by atoms with Gasteiger partial charge in [-0.2, -0.15) is 4.68 Å². The standard InChI is InChI=1S/C13H19N5/c1-9(2)15-8-12-5-6-14-13(7-12)18-11(4)16-10(3)17-18/h5-7,9,15H,8H2,1-4H3. The van der Waals surface area contributed by atoms with E-state index < -0.39 is 0 Å². The second kappa shape index (κ2) is 5.27. The molecule has 0 aromatic carbocycles. The fraction of sp³-hybridized carbons (Fsp3) is 0.462. The first kappa shape index (κ1) is 12.7. The topological polar surface area (TPSA) is 55.6 Å². The maximum Gasteiger partial charge on any atom is 0.155 e. The number of hydrogen-bond donors (Lipinski definition) is 1. The molecule has 0 saturated heterocycles. The summed E-state index contributed by atoms with van der Waals surface area (Å²) in [6, 6.07) is 4.52. The van der Waals surface area contributed by atoms with Crippen LogP contribution < -0.4 is 5.32 Å². The highest BCUT2D eigenvalue weighted by Crippen LogP contribution is 2.09. The molecular weight excluding hydrogens is 226 g/mol. The van der Waals surface area contributed by atoms with Crippen LogP contribution in [0.4, 0.5) is 0 Å². The van der Waals surface area contributed by atoms with E-state index in [1.165, 1.54) is 5.56 Å². The summed E-state index contributed by atoms with van der Waals surface area (Å²) in [5.41, 5.74) is 1.20. The van der Waals surface area contributed by atoms with Gasteiger partial charge in [0.1, 0.15) is 11.6 Å². The summed E-state index contributed by atoms with van der Waals surface area (Å²) in [4.78, 5) is 8.63. The molecule has 0 fully saturated rings. The predicted octanol–water partition coefficient (Wildman–Crippen LogP) is 1.78. The molecule has 0 aliphatic carbocycles. The van der Waals surface area contributed by atoms with Crippen LogP contribution >= 0.6 is 0 Å². The highest BCUT2D eigenvalue weighted by atomic mass is 15.4. The number of nitrogens with zero attached hydrogens (tertiary/aromatic N) is 4. The lowest BCUT2D eigenvalue weighted by Gasteiger charge is -2.09. The van der Waals surface area contributed by atoms with Crippen molar-refractivity contribution < 1.29 is 0 Å². The third kappa shape index (κ3) is 2.92. The van der Waals surface area contributed by atoms with Crippen molar-refractivity contribution >= 4 is 0 Å². The van der Waals surface area contributed by atoms with E-state index in [4.69, 9.17) is 0 Å². The molecule has 1 N–H and O–H groups in total. The van der Waals surface area contributed by atoms with Gasteiger partial charge >= 0.3 is 0 Å². The summed E-state index contributed by atoms with van der Waals surface area (Å²) < 4.78 is 1.77. The number of nitrogens with one attached hydrogen (secondary N) is 1. The molecule has 0 saturated carbocycles. The van der Waals surface area contributed by atoms with Gasteiger partial charge in [0.15, 0.2) is 5.82 Å². The Morgan fingerprint density at radius 1 is 1.33 bits per heavy atom. The zero-order chi connectivity index (χ0) is 13.1. The molecule has 5 heteroatoms. The first-order valence-electron chi connectivity index (χ1n) is 6.15. The van der Waals surface area contributed by atoms with Gasteiger partial charge in [0.25, 0.3) is 0 Å². The van der Waals surface area contributed by atoms with Crippen molar-refractivity contribution in [2.75, 3.05) is 0 Å². The molecule has 0 aliphatic heterocycles. The molecule has 5 nitrogen and oxygen atoms in total. The zero-order valence-electron chi connectivity index (χ0n) is 11.3. The van der Waals surface area contributed by atoms with Gasteiger partial charge in [0.2, 0.25) is 0 Å². The van der Waals surface area contributed by atoms with Crippen molar-refractivity contribution in [3.8, 4) is 5.82 Å². The number of aromatic nitrogens is 4. The second-order valence-electron chi connectivity index (χ2n) is 4.68. The first-order chi connectivity index (χ1) is 8.56. The fourth-order valence-electron chi connectivity index (χ4n) is 1.75. The Kier molecular flexibility index (Phi) is 3.72.